The molecule has 0 bridgehead atoms. The van der Waals surface area contributed by atoms with Crippen molar-refractivity contribution in [2.24, 2.45) is 0 Å². The van der Waals surface area contributed by atoms with Crippen LogP contribution < -0.4 is 10.1 Å². The average molecular weight is 416 g/mol. The van der Waals surface area contributed by atoms with Gasteiger partial charge >= 0.3 is 0 Å². The molecule has 3 aromatic rings. The van der Waals surface area contributed by atoms with Crippen LogP contribution in [-0.2, 0) is 6.61 Å². The molecule has 1 aromatic heterocycles. The molecule has 1 N–H and O–H groups in total. The van der Waals surface area contributed by atoms with Crippen LogP contribution in [0.1, 0.15) is 36.1 Å². The molecule has 7 nitrogen and oxygen atoms in total. The van der Waals surface area contributed by atoms with Crippen molar-refractivity contribution in [3.8, 4) is 5.75 Å². The van der Waals surface area contributed by atoms with Crippen molar-refractivity contribution in [3.63, 3.8) is 0 Å². The van der Waals surface area contributed by atoms with E-state index >= 15 is 0 Å². The maximum absolute atomic E-state index is 12.4. The van der Waals surface area contributed by atoms with E-state index in [9.17, 15) is 4.79 Å². The summed E-state index contributed by atoms with van der Waals surface area (Å²) in [5, 5.41) is 14.4. The summed E-state index contributed by atoms with van der Waals surface area (Å²) in [5.74, 6) is 1.00. The number of anilines is 1. The summed E-state index contributed by atoms with van der Waals surface area (Å²) in [7, 11) is 0. The van der Waals surface area contributed by atoms with Crippen molar-refractivity contribution in [1.29, 1.82) is 0 Å². The van der Waals surface area contributed by atoms with Crippen LogP contribution in [0.5, 0.6) is 5.75 Å². The highest BCUT2D eigenvalue weighted by Gasteiger charge is 2.11. The first kappa shape index (κ1) is 18.1. The van der Waals surface area contributed by atoms with Crippen LogP contribution >= 0.6 is 15.9 Å². The number of tetrazole rings is 1. The van der Waals surface area contributed by atoms with E-state index in [0.29, 0.717) is 17.1 Å². The Kier molecular flexibility index (Phi) is 5.62. The SMILES string of the molecule is CC(C)n1nnnc1COc1cccc(C(=O)Nc2ccc(Br)cc2)c1. The fraction of sp³-hybridized carbons (Fsp3) is 0.222. The second-order valence-electron chi connectivity index (χ2n) is 5.91. The smallest absolute Gasteiger partial charge is 0.255 e. The monoisotopic (exact) mass is 415 g/mol. The van der Waals surface area contributed by atoms with Gasteiger partial charge in [0.05, 0.1) is 6.04 Å². The highest BCUT2D eigenvalue weighted by Crippen LogP contribution is 2.18. The summed E-state index contributed by atoms with van der Waals surface area (Å²) >= 11 is 3.37. The third-order valence-electron chi connectivity index (χ3n) is 3.62. The second kappa shape index (κ2) is 8.09. The van der Waals surface area contributed by atoms with E-state index in [-0.39, 0.29) is 18.6 Å². The topological polar surface area (TPSA) is 81.9 Å². The number of ether oxygens (including phenoxy) is 1. The summed E-state index contributed by atoms with van der Waals surface area (Å²) < 4.78 is 8.40. The fourth-order valence-corrected chi connectivity index (χ4v) is 2.58. The first-order valence-electron chi connectivity index (χ1n) is 8.09. The summed E-state index contributed by atoms with van der Waals surface area (Å²) in [6.07, 6.45) is 0. The molecule has 0 aliphatic carbocycles. The summed E-state index contributed by atoms with van der Waals surface area (Å²) in [4.78, 5) is 12.4. The minimum Gasteiger partial charge on any atom is -0.486 e. The molecule has 0 aliphatic heterocycles. The molecule has 8 heteroatoms. The van der Waals surface area contributed by atoms with Gasteiger partial charge in [0.15, 0.2) is 5.82 Å². The molecule has 26 heavy (non-hydrogen) atoms. The van der Waals surface area contributed by atoms with Crippen LogP contribution in [0.2, 0.25) is 0 Å². The van der Waals surface area contributed by atoms with E-state index < -0.39 is 0 Å². The van der Waals surface area contributed by atoms with E-state index in [1.54, 1.807) is 28.9 Å². The van der Waals surface area contributed by atoms with Crippen LogP contribution in [0.15, 0.2) is 53.0 Å². The van der Waals surface area contributed by atoms with Gasteiger partial charge in [-0.1, -0.05) is 22.0 Å². The van der Waals surface area contributed by atoms with Crippen LogP contribution in [-0.4, -0.2) is 26.1 Å². The van der Waals surface area contributed by atoms with Gasteiger partial charge in [-0.3, -0.25) is 4.79 Å². The molecule has 0 aliphatic rings. The van der Waals surface area contributed by atoms with Crippen LogP contribution in [0, 0.1) is 0 Å². The molecule has 0 saturated heterocycles. The zero-order valence-corrected chi connectivity index (χ0v) is 16.0. The number of benzene rings is 2. The van der Waals surface area contributed by atoms with E-state index in [1.165, 1.54) is 0 Å². The maximum Gasteiger partial charge on any atom is 0.255 e. The number of aromatic nitrogens is 4. The van der Waals surface area contributed by atoms with Gasteiger partial charge in [-0.2, -0.15) is 0 Å². The maximum atomic E-state index is 12.4. The number of halogens is 1. The minimum absolute atomic E-state index is 0.145. The molecule has 0 spiro atoms. The van der Waals surface area contributed by atoms with Gasteiger partial charge in [-0.25, -0.2) is 4.68 Å². The van der Waals surface area contributed by atoms with Gasteiger partial charge in [-0.05, 0) is 66.7 Å². The number of nitrogens with zero attached hydrogens (tertiary/aromatic N) is 4. The Balaban J connectivity index is 1.66. The number of carbonyl (C=O) groups excluding carboxylic acids is 1. The van der Waals surface area contributed by atoms with Gasteiger partial charge < -0.3 is 10.1 Å². The van der Waals surface area contributed by atoms with E-state index in [1.807, 2.05) is 38.1 Å². The Morgan fingerprint density at radius 1 is 1.23 bits per heavy atom. The predicted molar refractivity (Wildman–Crippen MR) is 101 cm³/mol. The quantitative estimate of drug-likeness (QED) is 0.660. The van der Waals surface area contributed by atoms with Crippen LogP contribution in [0.4, 0.5) is 5.69 Å². The zero-order chi connectivity index (χ0) is 18.5. The van der Waals surface area contributed by atoms with E-state index in [0.717, 1.165) is 10.2 Å². The van der Waals surface area contributed by atoms with Crippen molar-refractivity contribution in [2.75, 3.05) is 5.32 Å². The summed E-state index contributed by atoms with van der Waals surface area (Å²) in [6, 6.07) is 14.5. The molecule has 1 heterocycles. The summed E-state index contributed by atoms with van der Waals surface area (Å²) in [5.41, 5.74) is 1.23. The zero-order valence-electron chi connectivity index (χ0n) is 14.4. The highest BCUT2D eigenvalue weighted by atomic mass is 79.9. The number of rotatable bonds is 6. The lowest BCUT2D eigenvalue weighted by Crippen LogP contribution is -2.12. The first-order valence-corrected chi connectivity index (χ1v) is 8.89. The number of nitrogens with one attached hydrogen (secondary N) is 1. The number of hydrogen-bond acceptors (Lipinski definition) is 5. The van der Waals surface area contributed by atoms with E-state index in [2.05, 4.69) is 36.8 Å². The number of amides is 1. The average Bonchev–Trinajstić information content (AvgIpc) is 3.11. The van der Waals surface area contributed by atoms with Gasteiger partial charge in [-0.15, -0.1) is 5.10 Å². The second-order valence-corrected chi connectivity index (χ2v) is 6.83. The van der Waals surface area contributed by atoms with Crippen LogP contribution in [0.3, 0.4) is 0 Å². The number of hydrogen-bond donors (Lipinski definition) is 1. The Labute approximate surface area is 159 Å². The van der Waals surface area contributed by atoms with E-state index in [4.69, 9.17) is 4.74 Å². The summed E-state index contributed by atoms with van der Waals surface area (Å²) in [6.45, 7) is 4.21. The Morgan fingerprint density at radius 3 is 2.73 bits per heavy atom. The molecular weight excluding hydrogens is 398 g/mol. The lowest BCUT2D eigenvalue weighted by molar-refractivity contribution is 0.102. The molecule has 0 radical (unpaired) electrons. The van der Waals surface area contributed by atoms with Gasteiger partial charge in [0.25, 0.3) is 5.91 Å². The fourth-order valence-electron chi connectivity index (χ4n) is 2.32. The lowest BCUT2D eigenvalue weighted by atomic mass is 10.2. The van der Waals surface area contributed by atoms with Crippen molar-refractivity contribution < 1.29 is 9.53 Å². The van der Waals surface area contributed by atoms with Crippen molar-refractivity contribution in [2.45, 2.75) is 26.5 Å². The molecule has 134 valence electrons. The third kappa shape index (κ3) is 4.45. The number of carbonyl (C=O) groups is 1. The Morgan fingerprint density at radius 2 is 2.00 bits per heavy atom. The Bertz CT molecular complexity index is 893. The van der Waals surface area contributed by atoms with Gasteiger partial charge in [0.2, 0.25) is 0 Å². The molecule has 0 fully saturated rings. The molecule has 0 atom stereocenters. The largest absolute Gasteiger partial charge is 0.486 e. The normalized spacial score (nSPS) is 10.8. The molecular formula is C18H18BrN5O2. The molecule has 0 unspecified atom stereocenters. The third-order valence-corrected chi connectivity index (χ3v) is 4.15. The molecule has 2 aromatic carbocycles. The predicted octanol–water partition coefficient (Wildman–Crippen LogP) is 3.85. The first-order chi connectivity index (χ1) is 12.5. The standard InChI is InChI=1S/C18H18BrN5O2/c1-12(2)24-17(21-22-23-24)11-26-16-5-3-4-13(10-16)18(25)20-15-8-6-14(19)7-9-15/h3-10,12H,11H2,1-2H3,(H,20,25). The molecule has 3 rings (SSSR count). The Hall–Kier alpha value is -2.74. The molecule has 0 saturated carbocycles. The van der Waals surface area contributed by atoms with Crippen molar-refractivity contribution >= 4 is 27.5 Å². The van der Waals surface area contributed by atoms with Crippen molar-refractivity contribution in [1.82, 2.24) is 20.2 Å². The van der Waals surface area contributed by atoms with Gasteiger partial charge in [0.1, 0.15) is 12.4 Å². The van der Waals surface area contributed by atoms with Crippen LogP contribution in [0.25, 0.3) is 0 Å². The minimum atomic E-state index is -0.204. The lowest BCUT2D eigenvalue weighted by Gasteiger charge is -2.10. The highest BCUT2D eigenvalue weighted by molar-refractivity contribution is 9.10. The molecule has 1 amide bonds. The van der Waals surface area contributed by atoms with Gasteiger partial charge in [0, 0.05) is 15.7 Å². The van der Waals surface area contributed by atoms with Crippen molar-refractivity contribution in [3.05, 3.63) is 64.4 Å².